The van der Waals surface area contributed by atoms with E-state index in [1.807, 2.05) is 0 Å². The van der Waals surface area contributed by atoms with Crippen molar-refractivity contribution < 1.29 is 4.39 Å². The second-order valence-electron chi connectivity index (χ2n) is 4.04. The SMILES string of the molecule is CC(CBr)C(C)NCc1cc(F)ccc1Cl. The van der Waals surface area contributed by atoms with Crippen LogP contribution in [0, 0.1) is 11.7 Å². The molecule has 0 saturated carbocycles. The summed E-state index contributed by atoms with van der Waals surface area (Å²) in [4.78, 5) is 0. The van der Waals surface area contributed by atoms with Gasteiger partial charge < -0.3 is 5.32 Å². The largest absolute Gasteiger partial charge is 0.310 e. The van der Waals surface area contributed by atoms with E-state index in [-0.39, 0.29) is 5.82 Å². The van der Waals surface area contributed by atoms with Crippen LogP contribution in [-0.4, -0.2) is 11.4 Å². The third-order valence-corrected chi connectivity index (χ3v) is 4.11. The summed E-state index contributed by atoms with van der Waals surface area (Å²) >= 11 is 9.42. The van der Waals surface area contributed by atoms with Crippen LogP contribution in [0.5, 0.6) is 0 Å². The van der Waals surface area contributed by atoms with Crippen molar-refractivity contribution in [1.29, 1.82) is 0 Å². The molecule has 4 heteroatoms. The van der Waals surface area contributed by atoms with Gasteiger partial charge in [-0.1, -0.05) is 34.5 Å². The minimum absolute atomic E-state index is 0.248. The van der Waals surface area contributed by atoms with E-state index in [4.69, 9.17) is 11.6 Å². The van der Waals surface area contributed by atoms with E-state index in [1.165, 1.54) is 12.1 Å². The van der Waals surface area contributed by atoms with E-state index >= 15 is 0 Å². The molecule has 0 aromatic heterocycles. The van der Waals surface area contributed by atoms with Gasteiger partial charge in [0.2, 0.25) is 0 Å². The van der Waals surface area contributed by atoms with Gasteiger partial charge in [0.15, 0.2) is 0 Å². The predicted molar refractivity (Wildman–Crippen MR) is 70.7 cm³/mol. The van der Waals surface area contributed by atoms with Crippen molar-refractivity contribution in [3.63, 3.8) is 0 Å². The zero-order valence-electron chi connectivity index (χ0n) is 9.43. The van der Waals surface area contributed by atoms with E-state index < -0.39 is 0 Å². The number of rotatable bonds is 5. The van der Waals surface area contributed by atoms with Crippen LogP contribution < -0.4 is 5.32 Å². The highest BCUT2D eigenvalue weighted by Crippen LogP contribution is 2.17. The molecule has 90 valence electrons. The Morgan fingerprint density at radius 3 is 2.75 bits per heavy atom. The fraction of sp³-hybridized carbons (Fsp3) is 0.500. The summed E-state index contributed by atoms with van der Waals surface area (Å²) in [5, 5.41) is 4.88. The van der Waals surface area contributed by atoms with Crippen LogP contribution in [0.3, 0.4) is 0 Å². The van der Waals surface area contributed by atoms with Crippen LogP contribution in [-0.2, 0) is 6.54 Å². The quantitative estimate of drug-likeness (QED) is 0.811. The monoisotopic (exact) mass is 307 g/mol. The fourth-order valence-electron chi connectivity index (χ4n) is 1.28. The smallest absolute Gasteiger partial charge is 0.123 e. The molecule has 0 aliphatic heterocycles. The lowest BCUT2D eigenvalue weighted by Gasteiger charge is -2.19. The van der Waals surface area contributed by atoms with Crippen LogP contribution in [0.2, 0.25) is 5.02 Å². The molecule has 0 amide bonds. The summed E-state index contributed by atoms with van der Waals surface area (Å²) in [6, 6.07) is 4.79. The average molecular weight is 309 g/mol. The number of hydrogen-bond donors (Lipinski definition) is 1. The molecule has 0 aliphatic carbocycles. The summed E-state index contributed by atoms with van der Waals surface area (Å²) in [6.45, 7) is 4.85. The number of nitrogens with one attached hydrogen (secondary N) is 1. The lowest BCUT2D eigenvalue weighted by Crippen LogP contribution is -2.32. The summed E-state index contributed by atoms with van der Waals surface area (Å²) < 4.78 is 13.0. The molecule has 2 unspecified atom stereocenters. The topological polar surface area (TPSA) is 12.0 Å². The maximum absolute atomic E-state index is 13.0. The first kappa shape index (κ1) is 13.9. The molecule has 0 bridgehead atoms. The van der Waals surface area contributed by atoms with Gasteiger partial charge in [-0.3, -0.25) is 0 Å². The first-order chi connectivity index (χ1) is 7.54. The minimum atomic E-state index is -0.248. The summed E-state index contributed by atoms with van der Waals surface area (Å²) in [7, 11) is 0. The Balaban J connectivity index is 2.57. The molecule has 1 aromatic carbocycles. The Bertz CT molecular complexity index is 346. The molecule has 2 atom stereocenters. The zero-order chi connectivity index (χ0) is 12.1. The summed E-state index contributed by atoms with van der Waals surface area (Å²) in [5.74, 6) is 0.273. The Kier molecular flexibility index (Phi) is 5.73. The first-order valence-corrected chi connectivity index (χ1v) is 6.77. The van der Waals surface area contributed by atoms with E-state index in [0.717, 1.165) is 10.9 Å². The maximum Gasteiger partial charge on any atom is 0.123 e. The van der Waals surface area contributed by atoms with Gasteiger partial charge >= 0.3 is 0 Å². The third-order valence-electron chi connectivity index (χ3n) is 2.72. The van der Waals surface area contributed by atoms with Gasteiger partial charge in [0.05, 0.1) is 0 Å². The van der Waals surface area contributed by atoms with E-state index in [2.05, 4.69) is 35.1 Å². The van der Waals surface area contributed by atoms with E-state index in [1.54, 1.807) is 6.07 Å². The lowest BCUT2D eigenvalue weighted by molar-refractivity contribution is 0.433. The van der Waals surface area contributed by atoms with Gasteiger partial charge in [0, 0.05) is 22.9 Å². The van der Waals surface area contributed by atoms with Crippen LogP contribution in [0.25, 0.3) is 0 Å². The lowest BCUT2D eigenvalue weighted by atomic mass is 10.1. The Morgan fingerprint density at radius 2 is 2.12 bits per heavy atom. The molecule has 0 radical (unpaired) electrons. The Morgan fingerprint density at radius 1 is 1.44 bits per heavy atom. The van der Waals surface area contributed by atoms with Gasteiger partial charge in [-0.05, 0) is 36.6 Å². The molecule has 1 rings (SSSR count). The molecule has 0 spiro atoms. The van der Waals surface area contributed by atoms with Crippen LogP contribution in [0.15, 0.2) is 18.2 Å². The molecule has 1 aromatic rings. The normalized spacial score (nSPS) is 14.8. The highest BCUT2D eigenvalue weighted by molar-refractivity contribution is 9.09. The van der Waals surface area contributed by atoms with E-state index in [9.17, 15) is 4.39 Å². The van der Waals surface area contributed by atoms with Gasteiger partial charge in [0.25, 0.3) is 0 Å². The number of hydrogen-bond acceptors (Lipinski definition) is 1. The van der Waals surface area contributed by atoms with Crippen molar-refractivity contribution in [2.75, 3.05) is 5.33 Å². The third kappa shape index (κ3) is 4.04. The number of halogens is 3. The summed E-state index contributed by atoms with van der Waals surface area (Å²) in [5.41, 5.74) is 0.801. The van der Waals surface area contributed by atoms with Crippen molar-refractivity contribution in [1.82, 2.24) is 5.32 Å². The Labute approximate surface area is 110 Å². The molecule has 1 nitrogen and oxygen atoms in total. The molecule has 0 heterocycles. The van der Waals surface area contributed by atoms with Gasteiger partial charge in [-0.2, -0.15) is 0 Å². The minimum Gasteiger partial charge on any atom is -0.310 e. The standard InChI is InChI=1S/C12H16BrClFN/c1-8(6-13)9(2)16-7-10-5-11(15)3-4-12(10)14/h3-5,8-9,16H,6-7H2,1-2H3. The second kappa shape index (κ2) is 6.58. The number of benzene rings is 1. The second-order valence-corrected chi connectivity index (χ2v) is 5.09. The first-order valence-electron chi connectivity index (χ1n) is 5.28. The molecule has 0 fully saturated rings. The number of alkyl halides is 1. The van der Waals surface area contributed by atoms with Gasteiger partial charge in [-0.25, -0.2) is 4.39 Å². The molecule has 16 heavy (non-hydrogen) atoms. The highest BCUT2D eigenvalue weighted by atomic mass is 79.9. The summed E-state index contributed by atoms with van der Waals surface area (Å²) in [6.07, 6.45) is 0. The fourth-order valence-corrected chi connectivity index (χ4v) is 2.03. The van der Waals surface area contributed by atoms with Crippen LogP contribution >= 0.6 is 27.5 Å². The predicted octanol–water partition coefficient (Wildman–Crippen LogP) is 3.99. The van der Waals surface area contributed by atoms with Crippen molar-refractivity contribution >= 4 is 27.5 Å². The van der Waals surface area contributed by atoms with Crippen LogP contribution in [0.1, 0.15) is 19.4 Å². The zero-order valence-corrected chi connectivity index (χ0v) is 11.8. The van der Waals surface area contributed by atoms with Crippen molar-refractivity contribution in [3.05, 3.63) is 34.6 Å². The average Bonchev–Trinajstić information content (AvgIpc) is 2.28. The van der Waals surface area contributed by atoms with Crippen molar-refractivity contribution in [2.24, 2.45) is 5.92 Å². The maximum atomic E-state index is 13.0. The molecular formula is C12H16BrClFN. The highest BCUT2D eigenvalue weighted by Gasteiger charge is 2.11. The van der Waals surface area contributed by atoms with E-state index in [0.29, 0.717) is 23.5 Å². The molecular weight excluding hydrogens is 292 g/mol. The van der Waals surface area contributed by atoms with Crippen molar-refractivity contribution in [2.45, 2.75) is 26.4 Å². The molecule has 1 N–H and O–H groups in total. The molecule has 0 aliphatic rings. The molecule has 0 saturated heterocycles. The van der Waals surface area contributed by atoms with Crippen LogP contribution in [0.4, 0.5) is 4.39 Å². The van der Waals surface area contributed by atoms with Gasteiger partial charge in [-0.15, -0.1) is 0 Å². The Hall–Kier alpha value is -0.120. The van der Waals surface area contributed by atoms with Crippen molar-refractivity contribution in [3.8, 4) is 0 Å². The van der Waals surface area contributed by atoms with Gasteiger partial charge in [0.1, 0.15) is 5.82 Å².